The topological polar surface area (TPSA) is 78.9 Å². The summed E-state index contributed by atoms with van der Waals surface area (Å²) in [6, 6.07) is 4.08. The molecular weight excluding hydrogens is 445 g/mol. The molecule has 1 unspecified atom stereocenters. The van der Waals surface area contributed by atoms with E-state index in [9.17, 15) is 4.79 Å². The Balaban J connectivity index is 0.00000338. The molecule has 2 heterocycles. The first-order chi connectivity index (χ1) is 11.9. The van der Waals surface area contributed by atoms with E-state index in [0.29, 0.717) is 0 Å². The third-order valence-corrected chi connectivity index (χ3v) is 3.84. The third-order valence-electron chi connectivity index (χ3n) is 3.84. The van der Waals surface area contributed by atoms with Crippen molar-refractivity contribution in [1.82, 2.24) is 20.5 Å². The molecule has 1 aromatic heterocycles. The van der Waals surface area contributed by atoms with Crippen LogP contribution in [0.3, 0.4) is 0 Å². The van der Waals surface area contributed by atoms with Crippen molar-refractivity contribution in [2.24, 2.45) is 4.99 Å². The zero-order valence-corrected chi connectivity index (χ0v) is 18.3. The van der Waals surface area contributed by atoms with Crippen LogP contribution in [0, 0.1) is 0 Å². The molecular formula is C18H30IN5O2. The van der Waals surface area contributed by atoms with Crippen LogP contribution in [0.2, 0.25) is 0 Å². The fourth-order valence-corrected chi connectivity index (χ4v) is 2.74. The van der Waals surface area contributed by atoms with Crippen molar-refractivity contribution in [2.75, 3.05) is 26.7 Å². The number of pyridine rings is 1. The monoisotopic (exact) mass is 475 g/mol. The number of nitrogens with one attached hydrogen (secondary N) is 2. The maximum absolute atomic E-state index is 11.9. The van der Waals surface area contributed by atoms with Crippen LogP contribution >= 0.6 is 24.0 Å². The quantitative estimate of drug-likeness (QED) is 0.398. The summed E-state index contributed by atoms with van der Waals surface area (Å²) in [5, 5.41) is 6.31. The van der Waals surface area contributed by atoms with Crippen molar-refractivity contribution < 1.29 is 9.53 Å². The summed E-state index contributed by atoms with van der Waals surface area (Å²) in [5.41, 5.74) is 0.711. The predicted octanol–water partition coefficient (Wildman–Crippen LogP) is 2.42. The Morgan fingerprint density at radius 3 is 2.85 bits per heavy atom. The van der Waals surface area contributed by atoms with Gasteiger partial charge < -0.3 is 20.3 Å². The van der Waals surface area contributed by atoms with E-state index in [1.165, 1.54) is 5.56 Å². The molecule has 2 N–H and O–H groups in total. The third kappa shape index (κ3) is 7.76. The van der Waals surface area contributed by atoms with Gasteiger partial charge in [0, 0.05) is 39.1 Å². The minimum Gasteiger partial charge on any atom is -0.444 e. The molecule has 0 spiro atoms. The van der Waals surface area contributed by atoms with Crippen molar-refractivity contribution >= 4 is 36.0 Å². The molecule has 0 bridgehead atoms. The second-order valence-electron chi connectivity index (χ2n) is 7.16. The lowest BCUT2D eigenvalue weighted by Crippen LogP contribution is -2.44. The second kappa shape index (κ2) is 10.5. The first kappa shape index (κ1) is 22.5. The molecule has 1 aromatic rings. The number of likely N-dealkylation sites (tertiary alicyclic amines) is 1. The summed E-state index contributed by atoms with van der Waals surface area (Å²) in [5.74, 6) is 0.859. The minimum absolute atomic E-state index is 0. The number of carbonyl (C=O) groups excluding carboxylic acids is 1. The molecule has 1 atom stereocenters. The smallest absolute Gasteiger partial charge is 0.407 e. The number of aromatic nitrogens is 1. The number of amides is 1. The molecule has 1 amide bonds. The highest BCUT2D eigenvalue weighted by Crippen LogP contribution is 2.12. The molecule has 1 aliphatic rings. The second-order valence-corrected chi connectivity index (χ2v) is 7.16. The van der Waals surface area contributed by atoms with Crippen molar-refractivity contribution in [1.29, 1.82) is 0 Å². The normalized spacial score (nSPS) is 17.5. The molecule has 1 aliphatic heterocycles. The number of hydrogen-bond donors (Lipinski definition) is 2. The number of rotatable bonds is 4. The van der Waals surface area contributed by atoms with E-state index in [-0.39, 0.29) is 36.1 Å². The van der Waals surface area contributed by atoms with E-state index < -0.39 is 5.60 Å². The van der Waals surface area contributed by atoms with Gasteiger partial charge in [0.05, 0.1) is 6.04 Å². The van der Waals surface area contributed by atoms with Crippen molar-refractivity contribution in [3.8, 4) is 0 Å². The summed E-state index contributed by atoms with van der Waals surface area (Å²) in [7, 11) is 1.78. The molecule has 0 aliphatic carbocycles. The summed E-state index contributed by atoms with van der Waals surface area (Å²) in [6.07, 6.45) is 5.06. The minimum atomic E-state index is -0.480. The van der Waals surface area contributed by atoms with E-state index in [1.54, 1.807) is 13.2 Å². The lowest BCUT2D eigenvalue weighted by atomic mass is 10.2. The van der Waals surface area contributed by atoms with Gasteiger partial charge >= 0.3 is 6.09 Å². The molecule has 1 saturated heterocycles. The SMILES string of the molecule is CN=C(NCCc1cccnc1)N1CCC(NC(=O)OC(C)(C)C)C1.I. The average Bonchev–Trinajstić information content (AvgIpc) is 2.99. The van der Waals surface area contributed by atoms with Gasteiger partial charge in [-0.25, -0.2) is 4.79 Å². The lowest BCUT2D eigenvalue weighted by molar-refractivity contribution is 0.0507. The van der Waals surface area contributed by atoms with E-state index >= 15 is 0 Å². The van der Waals surface area contributed by atoms with Gasteiger partial charge in [0.25, 0.3) is 0 Å². The molecule has 26 heavy (non-hydrogen) atoms. The Morgan fingerprint density at radius 1 is 1.46 bits per heavy atom. The average molecular weight is 475 g/mol. The molecule has 2 rings (SSSR count). The Morgan fingerprint density at radius 2 is 2.23 bits per heavy atom. The lowest BCUT2D eigenvalue weighted by Gasteiger charge is -2.23. The van der Waals surface area contributed by atoms with Gasteiger partial charge in [-0.3, -0.25) is 9.98 Å². The van der Waals surface area contributed by atoms with Crippen LogP contribution in [0.4, 0.5) is 4.79 Å². The van der Waals surface area contributed by atoms with Gasteiger partial charge in [-0.15, -0.1) is 24.0 Å². The molecule has 8 heteroatoms. The van der Waals surface area contributed by atoms with Crippen LogP contribution in [-0.4, -0.2) is 60.3 Å². The number of halogens is 1. The first-order valence-corrected chi connectivity index (χ1v) is 8.71. The van der Waals surface area contributed by atoms with Crippen LogP contribution in [-0.2, 0) is 11.2 Å². The van der Waals surface area contributed by atoms with Crippen molar-refractivity contribution in [3.05, 3.63) is 30.1 Å². The maximum Gasteiger partial charge on any atom is 0.407 e. The van der Waals surface area contributed by atoms with Gasteiger partial charge in [0.1, 0.15) is 5.60 Å². The fourth-order valence-electron chi connectivity index (χ4n) is 2.74. The van der Waals surface area contributed by atoms with Crippen LogP contribution < -0.4 is 10.6 Å². The molecule has 0 radical (unpaired) electrons. The number of hydrogen-bond acceptors (Lipinski definition) is 4. The zero-order chi connectivity index (χ0) is 18.3. The van der Waals surface area contributed by atoms with Gasteiger partial charge in [-0.1, -0.05) is 6.07 Å². The van der Waals surface area contributed by atoms with E-state index in [0.717, 1.165) is 38.4 Å². The number of aliphatic imine (C=N–C) groups is 1. The van der Waals surface area contributed by atoms with Gasteiger partial charge in [-0.05, 0) is 45.2 Å². The van der Waals surface area contributed by atoms with E-state index in [1.807, 2.05) is 33.0 Å². The van der Waals surface area contributed by atoms with Gasteiger partial charge in [-0.2, -0.15) is 0 Å². The van der Waals surface area contributed by atoms with Crippen molar-refractivity contribution in [2.45, 2.75) is 45.3 Å². The van der Waals surface area contributed by atoms with Gasteiger partial charge in [0.15, 0.2) is 5.96 Å². The van der Waals surface area contributed by atoms with E-state index in [4.69, 9.17) is 4.74 Å². The van der Waals surface area contributed by atoms with E-state index in [2.05, 4.69) is 31.6 Å². The van der Waals surface area contributed by atoms with Gasteiger partial charge in [0.2, 0.25) is 0 Å². The molecule has 0 saturated carbocycles. The maximum atomic E-state index is 11.9. The number of alkyl carbamates (subject to hydrolysis) is 1. The molecule has 1 fully saturated rings. The largest absolute Gasteiger partial charge is 0.444 e. The highest BCUT2D eigenvalue weighted by atomic mass is 127. The molecule has 146 valence electrons. The summed E-state index contributed by atoms with van der Waals surface area (Å²) in [4.78, 5) is 22.5. The highest BCUT2D eigenvalue weighted by Gasteiger charge is 2.27. The Hall–Kier alpha value is -1.58. The Labute approximate surface area is 173 Å². The van der Waals surface area contributed by atoms with Crippen LogP contribution in [0.25, 0.3) is 0 Å². The standard InChI is InChI=1S/C18H29N5O2.HI/c1-18(2,3)25-17(24)22-15-8-11-23(13-15)16(19-4)21-10-7-14-6-5-9-20-12-14;/h5-6,9,12,15H,7-8,10-11,13H2,1-4H3,(H,19,21)(H,22,24);1H. The summed E-state index contributed by atoms with van der Waals surface area (Å²) < 4.78 is 5.32. The summed E-state index contributed by atoms with van der Waals surface area (Å²) >= 11 is 0. The Kier molecular flexibility index (Phi) is 9.11. The number of ether oxygens (including phenoxy) is 1. The fraction of sp³-hybridized carbons (Fsp3) is 0.611. The number of carbonyl (C=O) groups is 1. The molecule has 7 nitrogen and oxygen atoms in total. The first-order valence-electron chi connectivity index (χ1n) is 8.71. The van der Waals surface area contributed by atoms with Crippen molar-refractivity contribution in [3.63, 3.8) is 0 Å². The van der Waals surface area contributed by atoms with Crippen LogP contribution in [0.15, 0.2) is 29.5 Å². The highest BCUT2D eigenvalue weighted by molar-refractivity contribution is 14.0. The number of nitrogens with zero attached hydrogens (tertiary/aromatic N) is 3. The molecule has 0 aromatic carbocycles. The summed E-state index contributed by atoms with van der Waals surface area (Å²) in [6.45, 7) is 7.96. The Bertz CT molecular complexity index is 589. The zero-order valence-electron chi connectivity index (χ0n) is 16.0. The number of guanidine groups is 1. The van der Waals surface area contributed by atoms with Crippen LogP contribution in [0.5, 0.6) is 0 Å². The predicted molar refractivity (Wildman–Crippen MR) is 114 cm³/mol. The van der Waals surface area contributed by atoms with Crippen LogP contribution in [0.1, 0.15) is 32.8 Å².